The quantitative estimate of drug-likeness (QED) is 0.293. The van der Waals surface area contributed by atoms with Crippen LogP contribution in [0.3, 0.4) is 0 Å². The molecule has 0 aliphatic heterocycles. The van der Waals surface area contributed by atoms with Gasteiger partial charge >= 0.3 is 0 Å². The van der Waals surface area contributed by atoms with Gasteiger partial charge in [-0.2, -0.15) is 0 Å². The van der Waals surface area contributed by atoms with E-state index in [1.54, 1.807) is 0 Å². The molecule has 6 heteroatoms. The molecule has 0 rings (SSSR count). The third kappa shape index (κ3) is 11.8. The van der Waals surface area contributed by atoms with Crippen LogP contribution in [0.15, 0.2) is 0 Å². The zero-order chi connectivity index (χ0) is 17.5. The van der Waals surface area contributed by atoms with Gasteiger partial charge in [-0.15, -0.1) is 0 Å². The summed E-state index contributed by atoms with van der Waals surface area (Å²) in [5.74, 6) is 0. The highest BCUT2D eigenvalue weighted by molar-refractivity contribution is 7.84. The maximum Gasteiger partial charge on any atom is 0.219 e. The third-order valence-corrected chi connectivity index (χ3v) is 5.31. The van der Waals surface area contributed by atoms with Gasteiger partial charge in [-0.25, -0.2) is 0 Å². The summed E-state index contributed by atoms with van der Waals surface area (Å²) in [5.41, 5.74) is -1.45. The van der Waals surface area contributed by atoms with Crippen molar-refractivity contribution in [3.05, 3.63) is 0 Å². The van der Waals surface area contributed by atoms with E-state index in [0.29, 0.717) is 6.42 Å². The Labute approximate surface area is 141 Å². The number of unbranched alkanes of at least 4 members (excludes halogenated alkanes) is 10. The maximum absolute atomic E-state index is 11.6. The summed E-state index contributed by atoms with van der Waals surface area (Å²) >= 11 is 0. The zero-order valence-corrected chi connectivity index (χ0v) is 15.3. The van der Waals surface area contributed by atoms with Crippen LogP contribution in [0.5, 0.6) is 0 Å². The Morgan fingerprint density at radius 1 is 0.870 bits per heavy atom. The van der Waals surface area contributed by atoms with Gasteiger partial charge in [0.2, 0.25) is 5.52 Å². The number of aliphatic hydroxyl groups is 2. The minimum Gasteiger partial charge on any atom is -0.393 e. The first kappa shape index (κ1) is 22.6. The first-order valence-electron chi connectivity index (χ1n) is 8.89. The first-order chi connectivity index (χ1) is 11.0. The average molecular weight is 348 g/mol. The Balaban J connectivity index is 3.50. The molecule has 2 unspecified atom stereocenters. The molecule has 0 spiro atoms. The Hall–Kier alpha value is -0.350. The number of carbonyl (C=O) groups is 2. The molecular weight excluding hydrogens is 315 g/mol. The van der Waals surface area contributed by atoms with Gasteiger partial charge in [0.05, 0.1) is 6.61 Å². The van der Waals surface area contributed by atoms with E-state index in [-0.39, 0.29) is 6.42 Å². The van der Waals surface area contributed by atoms with Crippen LogP contribution in [0.4, 0.5) is 0 Å². The standard InChI is InChI=1S/C17H33O5P/c1-2-3-4-5-6-7-8-9-10-11-12-13-16(20)23(22)17(21)15(19)14-18/h15,18-19,22H,2-14H2,1H3. The highest BCUT2D eigenvalue weighted by atomic mass is 31.1. The average Bonchev–Trinajstić information content (AvgIpc) is 2.57. The predicted octanol–water partition coefficient (Wildman–Crippen LogP) is 3.48. The fourth-order valence-electron chi connectivity index (χ4n) is 2.39. The Morgan fingerprint density at radius 3 is 1.74 bits per heavy atom. The van der Waals surface area contributed by atoms with E-state index < -0.39 is 31.9 Å². The minimum absolute atomic E-state index is 0.170. The van der Waals surface area contributed by atoms with Crippen molar-refractivity contribution in [3.8, 4) is 0 Å². The van der Waals surface area contributed by atoms with E-state index in [1.165, 1.54) is 44.9 Å². The number of carbonyl (C=O) groups excluding carboxylic acids is 2. The molecule has 0 saturated carbocycles. The number of hydrogen-bond acceptors (Lipinski definition) is 5. The lowest BCUT2D eigenvalue weighted by Gasteiger charge is -2.11. The summed E-state index contributed by atoms with van der Waals surface area (Å²) in [6, 6.07) is 0. The van der Waals surface area contributed by atoms with Gasteiger partial charge in [0.25, 0.3) is 0 Å². The molecule has 0 heterocycles. The molecule has 0 aromatic heterocycles. The van der Waals surface area contributed by atoms with Gasteiger partial charge in [0, 0.05) is 6.42 Å². The van der Waals surface area contributed by atoms with E-state index in [2.05, 4.69) is 6.92 Å². The smallest absolute Gasteiger partial charge is 0.219 e. The van der Waals surface area contributed by atoms with Crippen LogP contribution in [0.2, 0.25) is 0 Å². The van der Waals surface area contributed by atoms with Crippen molar-refractivity contribution in [3.63, 3.8) is 0 Å². The molecular formula is C17H33O5P. The van der Waals surface area contributed by atoms with Crippen molar-refractivity contribution in [1.82, 2.24) is 0 Å². The highest BCUT2D eigenvalue weighted by Gasteiger charge is 2.28. The SMILES string of the molecule is CCCCCCCCCCCCCC(=O)P(O)C(=O)C(O)CO. The fraction of sp³-hybridized carbons (Fsp3) is 0.882. The Kier molecular flexibility index (Phi) is 15.0. The summed E-state index contributed by atoms with van der Waals surface area (Å²) in [6.45, 7) is 1.46. The molecule has 0 aliphatic carbocycles. The second kappa shape index (κ2) is 15.2. The van der Waals surface area contributed by atoms with Crippen molar-refractivity contribution >= 4 is 19.2 Å². The van der Waals surface area contributed by atoms with E-state index in [1.807, 2.05) is 0 Å². The Morgan fingerprint density at radius 2 is 1.30 bits per heavy atom. The maximum atomic E-state index is 11.6. The monoisotopic (exact) mass is 348 g/mol. The highest BCUT2D eigenvalue weighted by Crippen LogP contribution is 2.35. The normalized spacial score (nSPS) is 13.7. The molecule has 0 aromatic carbocycles. The molecule has 2 atom stereocenters. The van der Waals surface area contributed by atoms with Gasteiger partial charge in [0.1, 0.15) is 6.10 Å². The molecule has 3 N–H and O–H groups in total. The van der Waals surface area contributed by atoms with Crippen LogP contribution in [-0.2, 0) is 9.59 Å². The molecule has 23 heavy (non-hydrogen) atoms. The Bertz CT molecular complexity index is 322. The molecule has 0 saturated heterocycles. The van der Waals surface area contributed by atoms with E-state index in [4.69, 9.17) is 10.2 Å². The second-order valence-electron chi connectivity index (χ2n) is 6.03. The molecule has 0 radical (unpaired) electrons. The molecule has 5 nitrogen and oxygen atoms in total. The summed E-state index contributed by atoms with van der Waals surface area (Å²) in [7, 11) is -2.47. The van der Waals surface area contributed by atoms with Crippen molar-refractivity contribution in [2.45, 2.75) is 90.1 Å². The van der Waals surface area contributed by atoms with E-state index >= 15 is 0 Å². The molecule has 0 aromatic rings. The van der Waals surface area contributed by atoms with Crippen molar-refractivity contribution < 1.29 is 24.7 Å². The van der Waals surface area contributed by atoms with Crippen LogP contribution in [-0.4, -0.2) is 38.9 Å². The van der Waals surface area contributed by atoms with E-state index in [0.717, 1.165) is 19.3 Å². The second-order valence-corrected chi connectivity index (χ2v) is 7.59. The number of aliphatic hydroxyl groups excluding tert-OH is 2. The lowest BCUT2D eigenvalue weighted by atomic mass is 10.1. The largest absolute Gasteiger partial charge is 0.393 e. The van der Waals surface area contributed by atoms with Crippen LogP contribution in [0.1, 0.15) is 84.0 Å². The van der Waals surface area contributed by atoms with Gasteiger partial charge in [0.15, 0.2) is 13.7 Å². The first-order valence-corrected chi connectivity index (χ1v) is 10.2. The lowest BCUT2D eigenvalue weighted by molar-refractivity contribution is -0.122. The van der Waals surface area contributed by atoms with Gasteiger partial charge in [-0.1, -0.05) is 71.1 Å². The molecule has 136 valence electrons. The lowest BCUT2D eigenvalue weighted by Crippen LogP contribution is -2.24. The van der Waals surface area contributed by atoms with E-state index in [9.17, 15) is 14.5 Å². The topological polar surface area (TPSA) is 94.8 Å². The van der Waals surface area contributed by atoms with Crippen LogP contribution >= 0.6 is 8.15 Å². The van der Waals surface area contributed by atoms with Crippen molar-refractivity contribution in [2.24, 2.45) is 0 Å². The summed E-state index contributed by atoms with van der Waals surface area (Å²) in [4.78, 5) is 32.5. The van der Waals surface area contributed by atoms with Crippen molar-refractivity contribution in [1.29, 1.82) is 0 Å². The molecule has 0 bridgehead atoms. The fourth-order valence-corrected chi connectivity index (χ4v) is 3.37. The predicted molar refractivity (Wildman–Crippen MR) is 93.3 cm³/mol. The third-order valence-electron chi connectivity index (χ3n) is 3.90. The number of hydrogen-bond donors (Lipinski definition) is 3. The molecule has 0 aliphatic rings. The summed E-state index contributed by atoms with van der Waals surface area (Å²) in [6.07, 6.45) is 11.4. The van der Waals surface area contributed by atoms with Gasteiger partial charge in [-0.05, 0) is 6.42 Å². The van der Waals surface area contributed by atoms with Crippen LogP contribution in [0, 0.1) is 0 Å². The molecule has 0 fully saturated rings. The van der Waals surface area contributed by atoms with Gasteiger partial charge < -0.3 is 15.1 Å². The van der Waals surface area contributed by atoms with Gasteiger partial charge in [-0.3, -0.25) is 9.59 Å². The summed E-state index contributed by atoms with van der Waals surface area (Å²) in [5, 5.41) is 17.7. The molecule has 0 amide bonds. The number of rotatable bonds is 16. The van der Waals surface area contributed by atoms with Crippen molar-refractivity contribution in [2.75, 3.05) is 6.61 Å². The van der Waals surface area contributed by atoms with Crippen LogP contribution < -0.4 is 0 Å². The summed E-state index contributed by atoms with van der Waals surface area (Å²) < 4.78 is 0. The van der Waals surface area contributed by atoms with Crippen LogP contribution in [0.25, 0.3) is 0 Å². The zero-order valence-electron chi connectivity index (χ0n) is 14.4. The minimum atomic E-state index is -2.47.